The van der Waals surface area contributed by atoms with Crippen LogP contribution in [0.3, 0.4) is 0 Å². The van der Waals surface area contributed by atoms with Crippen LogP contribution in [-0.4, -0.2) is 11.3 Å². The largest absolute Gasteiger partial charge is 0.310 e. The summed E-state index contributed by atoms with van der Waals surface area (Å²) in [6.07, 6.45) is 0. The first-order valence-electron chi connectivity index (χ1n) is 37.9. The van der Waals surface area contributed by atoms with Crippen molar-refractivity contribution in [1.82, 2.24) is 4.57 Å². The molecule has 0 unspecified atom stereocenters. The van der Waals surface area contributed by atoms with Crippen molar-refractivity contribution in [2.24, 2.45) is 0 Å². The van der Waals surface area contributed by atoms with Gasteiger partial charge in [-0.3, -0.25) is 0 Å². The maximum Gasteiger partial charge on any atom is 0.252 e. The van der Waals surface area contributed by atoms with E-state index in [1.54, 1.807) is 4.57 Å². The zero-order valence-electron chi connectivity index (χ0n) is 62.4. The van der Waals surface area contributed by atoms with E-state index in [-0.39, 0.29) is 57.6 Å². The summed E-state index contributed by atoms with van der Waals surface area (Å²) in [6.45, 7) is 6.42. The van der Waals surface area contributed by atoms with Crippen LogP contribution in [0.5, 0.6) is 0 Å². The van der Waals surface area contributed by atoms with Crippen LogP contribution in [0.1, 0.15) is 35.9 Å². The van der Waals surface area contributed by atoms with Gasteiger partial charge in [0.15, 0.2) is 0 Å². The fraction of sp³-hybridized carbons (Fsp3) is 0.0417. The minimum Gasteiger partial charge on any atom is -0.310 e. The van der Waals surface area contributed by atoms with Gasteiger partial charge in [-0.25, -0.2) is 0 Å². The average Bonchev–Trinajstić information content (AvgIpc) is 1.61. The van der Waals surface area contributed by atoms with Gasteiger partial charge < -0.3 is 14.4 Å². The van der Waals surface area contributed by atoms with Crippen LogP contribution >= 0.6 is 0 Å². The summed E-state index contributed by atoms with van der Waals surface area (Å²) in [5.74, 6) is 0. The highest BCUT2D eigenvalue weighted by atomic mass is 15.2. The number of nitrogens with zero attached hydrogens (tertiary/aromatic N) is 3. The molecule has 0 bridgehead atoms. The van der Waals surface area contributed by atoms with Crippen molar-refractivity contribution < 1.29 is 9.60 Å². The Labute approximate surface area is 594 Å². The number of fused-ring (bicyclic) bond motifs is 10. The Morgan fingerprint density at radius 1 is 0.300 bits per heavy atom. The monoisotopic (exact) mass is 1280 g/mol. The van der Waals surface area contributed by atoms with Gasteiger partial charge in [0.25, 0.3) is 6.71 Å². The third-order valence-electron chi connectivity index (χ3n) is 20.5. The molecule has 0 fully saturated rings. The molecule has 4 heteroatoms. The highest BCUT2D eigenvalue weighted by molar-refractivity contribution is 7.00. The lowest BCUT2D eigenvalue weighted by atomic mass is 9.33. The first kappa shape index (κ1) is 51.7. The Kier molecular flexibility index (Phi) is 12.2. The highest BCUT2D eigenvalue weighted by Crippen LogP contribution is 2.55. The van der Waals surface area contributed by atoms with Crippen LogP contribution in [0.2, 0.25) is 0 Å². The Balaban J connectivity index is 0.974. The molecular weight excluding hydrogens is 1210 g/mol. The second-order valence-electron chi connectivity index (χ2n) is 27.3. The van der Waals surface area contributed by atoms with E-state index < -0.39 is 24.2 Å². The van der Waals surface area contributed by atoms with Gasteiger partial charge in [-0.1, -0.05) is 330 Å². The minimum atomic E-state index is -0.465. The van der Waals surface area contributed by atoms with E-state index in [1.165, 1.54) is 16.2 Å². The molecule has 100 heavy (non-hydrogen) atoms. The summed E-state index contributed by atoms with van der Waals surface area (Å²) in [5.41, 5.74) is 23.2. The molecule has 0 spiro atoms. The first-order chi connectivity index (χ1) is 52.2. The molecular formula is C96H68BN3. The topological polar surface area (TPSA) is 11.4 Å². The molecule has 1 aromatic heterocycles. The number of benzene rings is 16. The van der Waals surface area contributed by atoms with Gasteiger partial charge in [-0.05, 0) is 153 Å². The molecule has 0 aliphatic carbocycles. The van der Waals surface area contributed by atoms with Gasteiger partial charge >= 0.3 is 0 Å². The van der Waals surface area contributed by atoms with Crippen molar-refractivity contribution in [2.75, 3.05) is 9.80 Å². The summed E-state index contributed by atoms with van der Waals surface area (Å²) < 4.78 is 71.0. The molecule has 0 radical (unpaired) electrons. The van der Waals surface area contributed by atoms with Gasteiger partial charge in [0.2, 0.25) is 0 Å². The number of para-hydroxylation sites is 3. The van der Waals surface area contributed by atoms with Crippen molar-refractivity contribution >= 4 is 101 Å². The smallest absolute Gasteiger partial charge is 0.252 e. The van der Waals surface area contributed by atoms with Gasteiger partial charge in [0.05, 0.1) is 32.0 Å². The fourth-order valence-electron chi connectivity index (χ4n) is 15.9. The van der Waals surface area contributed by atoms with Crippen LogP contribution < -0.4 is 26.2 Å². The second kappa shape index (κ2) is 23.7. The Bertz CT molecular complexity index is 6460. The van der Waals surface area contributed by atoms with Crippen molar-refractivity contribution in [3.05, 3.63) is 363 Å². The molecule has 2 aliphatic heterocycles. The van der Waals surface area contributed by atoms with Crippen molar-refractivity contribution in [1.29, 1.82) is 0 Å². The predicted molar refractivity (Wildman–Crippen MR) is 427 cm³/mol. The molecule has 17 aromatic rings. The third-order valence-corrected chi connectivity index (χ3v) is 20.5. The van der Waals surface area contributed by atoms with Crippen LogP contribution in [0.15, 0.2) is 358 Å². The zero-order chi connectivity index (χ0) is 72.7. The molecule has 2 aliphatic rings. The van der Waals surface area contributed by atoms with Crippen LogP contribution in [0, 0.1) is 0 Å². The Morgan fingerprint density at radius 3 is 1.44 bits per heavy atom. The fourth-order valence-corrected chi connectivity index (χ4v) is 15.9. The molecule has 16 aromatic carbocycles. The molecule has 0 amide bonds. The lowest BCUT2D eigenvalue weighted by Crippen LogP contribution is -2.61. The van der Waals surface area contributed by atoms with Crippen molar-refractivity contribution in [3.63, 3.8) is 0 Å². The molecule has 19 rings (SSSR count). The maximum atomic E-state index is 10.7. The number of anilines is 6. The molecule has 0 saturated carbocycles. The van der Waals surface area contributed by atoms with E-state index in [9.17, 15) is 9.60 Å². The maximum absolute atomic E-state index is 10.7. The van der Waals surface area contributed by atoms with E-state index >= 15 is 0 Å². The van der Waals surface area contributed by atoms with E-state index in [1.807, 2.05) is 60.7 Å². The Morgan fingerprint density at radius 2 is 0.800 bits per heavy atom. The lowest BCUT2D eigenvalue weighted by Gasteiger charge is -2.46. The molecule has 3 heterocycles. The standard InChI is InChI=1S/C96H68BN3/c1-96(2,3)73-60-91-93-92(61-73)100(94-76(65-31-13-6-14-32-65)42-24-43-77(94)66-33-15-7-16-34-66)90-62-74(98-87-48-22-21-41-82(87)83-54-50-72(59-89(83)98)70-39-23-38-69(57-70)63-27-9-4-10-28-63)52-55-85(90)97(93)86-58-71(64-29-11-5-12-30-64)51-56-88(86)99(91)95-78(67-35-17-8-18-36-67)44-25-47-84(95)80-46-26-45-79-75-40-20-19-37-68(75)49-53-81(79)80/h4-62H,1-3H3/i21D,22D,41D,48D,50D,54D,59D. The highest BCUT2D eigenvalue weighted by Gasteiger charge is 2.46. The summed E-state index contributed by atoms with van der Waals surface area (Å²) >= 11 is 0. The molecule has 470 valence electrons. The van der Waals surface area contributed by atoms with E-state index in [4.69, 9.17) is 0 Å². The van der Waals surface area contributed by atoms with Gasteiger partial charge in [0, 0.05) is 61.5 Å². The van der Waals surface area contributed by atoms with Crippen molar-refractivity contribution in [3.8, 4) is 83.6 Å². The minimum absolute atomic E-state index is 0.0736. The van der Waals surface area contributed by atoms with E-state index in [0.29, 0.717) is 11.3 Å². The van der Waals surface area contributed by atoms with Crippen molar-refractivity contribution in [2.45, 2.75) is 26.2 Å². The molecule has 0 saturated heterocycles. The van der Waals surface area contributed by atoms with Crippen LogP contribution in [0.25, 0.3) is 127 Å². The van der Waals surface area contributed by atoms with Gasteiger partial charge in [-0.15, -0.1) is 0 Å². The second-order valence-corrected chi connectivity index (χ2v) is 27.3. The number of aromatic nitrogens is 1. The first-order valence-corrected chi connectivity index (χ1v) is 34.4. The molecule has 3 nitrogen and oxygen atoms in total. The number of rotatable bonds is 10. The predicted octanol–water partition coefficient (Wildman–Crippen LogP) is 24.1. The third kappa shape index (κ3) is 9.65. The Hall–Kier alpha value is -12.5. The number of hydrogen-bond donors (Lipinski definition) is 0. The van der Waals surface area contributed by atoms with E-state index in [0.717, 1.165) is 128 Å². The summed E-state index contributed by atoms with van der Waals surface area (Å²) in [4.78, 5) is 5.06. The zero-order valence-corrected chi connectivity index (χ0v) is 55.4. The molecule has 0 atom stereocenters. The quantitative estimate of drug-likeness (QED) is 0.0999. The summed E-state index contributed by atoms with van der Waals surface area (Å²) in [7, 11) is 0. The normalized spacial score (nSPS) is 13.5. The van der Waals surface area contributed by atoms with Gasteiger partial charge in [-0.2, -0.15) is 0 Å². The summed E-state index contributed by atoms with van der Waals surface area (Å²) in [6, 6.07) is 110. The lowest BCUT2D eigenvalue weighted by molar-refractivity contribution is 0.590. The SMILES string of the molecule is [2H]c1c([2H])c([2H])c2c(c1[2H])c1c([2H])c([2H])c(-c3cccc(-c4ccccc4)c3)c([2H])c1n2-c1ccc2c(c1)N(c1c(-c3ccccc3)cccc1-c1ccccc1)c1cc(C(C)(C)C)cc3c1B2c1cc(-c2ccccc2)ccc1N3c1c(-c2ccccc2)cccc1-c1cccc2c1ccc1ccccc12. The van der Waals surface area contributed by atoms with Crippen LogP contribution in [0.4, 0.5) is 34.1 Å². The number of hydrogen-bond acceptors (Lipinski definition) is 2. The average molecular weight is 1280 g/mol. The van der Waals surface area contributed by atoms with Crippen LogP contribution in [-0.2, 0) is 5.41 Å². The van der Waals surface area contributed by atoms with E-state index in [2.05, 4.69) is 285 Å². The molecule has 0 N–H and O–H groups in total. The van der Waals surface area contributed by atoms with Gasteiger partial charge in [0.1, 0.15) is 0 Å². The summed E-state index contributed by atoms with van der Waals surface area (Å²) in [5, 5.41) is 4.85.